The van der Waals surface area contributed by atoms with Gasteiger partial charge in [-0.2, -0.15) is 0 Å². The van der Waals surface area contributed by atoms with E-state index in [0.717, 1.165) is 27.8 Å². The van der Waals surface area contributed by atoms with E-state index in [-0.39, 0.29) is 6.04 Å². The summed E-state index contributed by atoms with van der Waals surface area (Å²) >= 11 is 0. The third-order valence-corrected chi connectivity index (χ3v) is 3.70. The Kier molecular flexibility index (Phi) is 4.55. The number of nitrogens with two attached hydrogens (primary N) is 1. The van der Waals surface area contributed by atoms with Gasteiger partial charge in [-0.3, -0.25) is 0 Å². The van der Waals surface area contributed by atoms with Crippen LogP contribution in [0.3, 0.4) is 0 Å². The van der Waals surface area contributed by atoms with E-state index in [2.05, 4.69) is 28.6 Å². The second-order valence-corrected chi connectivity index (χ2v) is 5.69. The molecule has 2 aromatic carbocycles. The molecule has 1 heterocycles. The molecule has 0 aliphatic heterocycles. The highest BCUT2D eigenvalue weighted by atomic mass is 16.3. The van der Waals surface area contributed by atoms with Crippen LogP contribution in [0.25, 0.3) is 27.8 Å². The molecule has 2 radical (unpaired) electrons. The van der Waals surface area contributed by atoms with Crippen LogP contribution in [0.2, 0.25) is 0 Å². The maximum absolute atomic E-state index is 5.78. The minimum atomic E-state index is -0.262. The summed E-state index contributed by atoms with van der Waals surface area (Å²) in [7, 11) is 5.76. The molecular formula is C20H17BN2O. The van der Waals surface area contributed by atoms with Gasteiger partial charge in [0.15, 0.2) is 5.58 Å². The normalized spacial score (nSPS) is 11.6. The lowest BCUT2D eigenvalue weighted by atomic mass is 9.91. The summed E-state index contributed by atoms with van der Waals surface area (Å²) in [4.78, 5) is 4.53. The molecule has 1 atom stereocenters. The van der Waals surface area contributed by atoms with Crippen molar-refractivity contribution in [1.82, 2.24) is 4.98 Å². The van der Waals surface area contributed by atoms with Crippen LogP contribution in [0, 0.1) is 0 Å². The molecule has 0 amide bonds. The van der Waals surface area contributed by atoms with E-state index in [1.165, 1.54) is 0 Å². The number of benzene rings is 2. The Balaban J connectivity index is 2.04. The van der Waals surface area contributed by atoms with Crippen LogP contribution in [-0.4, -0.2) is 18.9 Å². The van der Waals surface area contributed by atoms with Gasteiger partial charge in [-0.15, -0.1) is 0 Å². The lowest BCUT2D eigenvalue weighted by molar-refractivity contribution is 0.584. The zero-order valence-electron chi connectivity index (χ0n) is 13.7. The SMILES string of the molecule is [B]C(=C=C=C(C)c1nc2cc(-c3ccccc3)ccc2o1)[C@H](C)N. The fraction of sp³-hybridized carbons (Fsp3) is 0.150. The molecular weight excluding hydrogens is 295 g/mol. The van der Waals surface area contributed by atoms with Gasteiger partial charge in [0.1, 0.15) is 13.4 Å². The number of allylic oxidation sites excluding steroid dienone is 1. The number of fused-ring (bicyclic) bond motifs is 1. The van der Waals surface area contributed by atoms with Crippen LogP contribution >= 0.6 is 0 Å². The first-order chi connectivity index (χ1) is 11.5. The second-order valence-electron chi connectivity index (χ2n) is 5.69. The minimum absolute atomic E-state index is 0.262. The maximum Gasteiger partial charge on any atom is 0.231 e. The quantitative estimate of drug-likeness (QED) is 0.586. The molecule has 0 unspecified atom stereocenters. The Morgan fingerprint density at radius 2 is 1.88 bits per heavy atom. The summed E-state index contributed by atoms with van der Waals surface area (Å²) in [5.41, 5.74) is 16.4. The van der Waals surface area contributed by atoms with Crippen molar-refractivity contribution in [2.24, 2.45) is 5.73 Å². The highest BCUT2D eigenvalue weighted by Crippen LogP contribution is 2.26. The maximum atomic E-state index is 5.78. The molecule has 3 nitrogen and oxygen atoms in total. The van der Waals surface area contributed by atoms with Crippen molar-refractivity contribution in [1.29, 1.82) is 0 Å². The highest BCUT2D eigenvalue weighted by Gasteiger charge is 2.08. The third kappa shape index (κ3) is 3.42. The number of hydrogen-bond acceptors (Lipinski definition) is 3. The third-order valence-electron chi connectivity index (χ3n) is 3.70. The van der Waals surface area contributed by atoms with Crippen molar-refractivity contribution in [2.75, 3.05) is 0 Å². The molecule has 0 spiro atoms. The van der Waals surface area contributed by atoms with Crippen molar-refractivity contribution >= 4 is 24.5 Å². The van der Waals surface area contributed by atoms with E-state index in [1.807, 2.05) is 43.3 Å². The Labute approximate surface area is 142 Å². The fourth-order valence-electron chi connectivity index (χ4n) is 2.23. The zero-order valence-corrected chi connectivity index (χ0v) is 13.7. The van der Waals surface area contributed by atoms with Crippen LogP contribution in [-0.2, 0) is 0 Å². The molecule has 0 bridgehead atoms. The molecule has 0 saturated carbocycles. The van der Waals surface area contributed by atoms with E-state index >= 15 is 0 Å². The highest BCUT2D eigenvalue weighted by molar-refractivity contribution is 6.22. The summed E-state index contributed by atoms with van der Waals surface area (Å²) in [6.07, 6.45) is 0. The summed E-state index contributed by atoms with van der Waals surface area (Å²) in [5, 5.41) is 0. The van der Waals surface area contributed by atoms with Crippen LogP contribution < -0.4 is 5.73 Å². The lowest BCUT2D eigenvalue weighted by Crippen LogP contribution is -2.17. The predicted octanol–water partition coefficient (Wildman–Crippen LogP) is 4.05. The van der Waals surface area contributed by atoms with Gasteiger partial charge in [0.05, 0.1) is 5.57 Å². The molecule has 116 valence electrons. The fourth-order valence-corrected chi connectivity index (χ4v) is 2.23. The van der Waals surface area contributed by atoms with Gasteiger partial charge in [0.2, 0.25) is 5.89 Å². The van der Waals surface area contributed by atoms with Crippen LogP contribution in [0.1, 0.15) is 19.7 Å². The van der Waals surface area contributed by atoms with Gasteiger partial charge in [-0.25, -0.2) is 4.98 Å². The minimum Gasteiger partial charge on any atom is -0.436 e. The van der Waals surface area contributed by atoms with Crippen LogP contribution in [0.15, 0.2) is 69.9 Å². The number of hydrogen-bond donors (Lipinski definition) is 1. The Hall–Kier alpha value is -2.77. The number of rotatable bonds is 3. The first-order valence-corrected chi connectivity index (χ1v) is 7.74. The largest absolute Gasteiger partial charge is 0.436 e. The number of nitrogens with zero attached hydrogens (tertiary/aromatic N) is 1. The lowest BCUT2D eigenvalue weighted by Gasteiger charge is -1.99. The zero-order chi connectivity index (χ0) is 17.1. The molecule has 3 rings (SSSR count). The average molecular weight is 312 g/mol. The van der Waals surface area contributed by atoms with Crippen LogP contribution in [0.5, 0.6) is 0 Å². The monoisotopic (exact) mass is 312 g/mol. The van der Waals surface area contributed by atoms with E-state index < -0.39 is 0 Å². The van der Waals surface area contributed by atoms with E-state index in [1.54, 1.807) is 6.92 Å². The summed E-state index contributed by atoms with van der Waals surface area (Å²) in [6, 6.07) is 15.9. The Morgan fingerprint density at radius 3 is 2.58 bits per heavy atom. The molecule has 3 aromatic rings. The van der Waals surface area contributed by atoms with Crippen molar-refractivity contribution in [3.05, 3.63) is 71.4 Å². The molecule has 2 N–H and O–H groups in total. The number of aromatic nitrogens is 1. The Bertz CT molecular complexity index is 973. The smallest absolute Gasteiger partial charge is 0.231 e. The summed E-state index contributed by atoms with van der Waals surface area (Å²) in [6.45, 7) is 3.65. The summed E-state index contributed by atoms with van der Waals surface area (Å²) < 4.78 is 5.78. The van der Waals surface area contributed by atoms with Gasteiger partial charge in [0.25, 0.3) is 0 Å². The Morgan fingerprint density at radius 1 is 1.12 bits per heavy atom. The average Bonchev–Trinajstić information content (AvgIpc) is 3.03. The molecule has 0 aliphatic carbocycles. The topological polar surface area (TPSA) is 52.0 Å². The summed E-state index contributed by atoms with van der Waals surface area (Å²) in [5.74, 6) is 0.500. The van der Waals surface area contributed by atoms with Gasteiger partial charge in [0, 0.05) is 6.04 Å². The number of oxazole rings is 1. The first-order valence-electron chi connectivity index (χ1n) is 7.74. The van der Waals surface area contributed by atoms with Crippen molar-refractivity contribution in [3.63, 3.8) is 0 Å². The van der Waals surface area contributed by atoms with Crippen LogP contribution in [0.4, 0.5) is 0 Å². The van der Waals surface area contributed by atoms with Crippen molar-refractivity contribution < 1.29 is 4.42 Å². The first kappa shape index (κ1) is 16.1. The van der Waals surface area contributed by atoms with Gasteiger partial charge < -0.3 is 10.2 Å². The van der Waals surface area contributed by atoms with E-state index in [0.29, 0.717) is 11.4 Å². The van der Waals surface area contributed by atoms with Crippen molar-refractivity contribution in [3.8, 4) is 11.1 Å². The standard InChI is InChI=1S/C20H17BN2O/c1-13(8-10-17(21)14(2)22)20-23-18-12-16(9-11-19(18)24-20)15-6-4-3-5-7-15/h3-7,9,11-12,14H,22H2,1-2H3/t14-/m0/s1. The van der Waals surface area contributed by atoms with E-state index in [4.69, 9.17) is 18.0 Å². The molecule has 24 heavy (non-hydrogen) atoms. The molecule has 0 saturated heterocycles. The van der Waals surface area contributed by atoms with Gasteiger partial charge in [-0.1, -0.05) is 53.3 Å². The second kappa shape index (κ2) is 6.78. The van der Waals surface area contributed by atoms with Crippen molar-refractivity contribution in [2.45, 2.75) is 19.9 Å². The molecule has 0 fully saturated rings. The van der Waals surface area contributed by atoms with Gasteiger partial charge in [-0.05, 0) is 37.1 Å². The van der Waals surface area contributed by atoms with Gasteiger partial charge >= 0.3 is 0 Å². The predicted molar refractivity (Wildman–Crippen MR) is 98.5 cm³/mol. The molecule has 0 aliphatic rings. The molecule has 1 aromatic heterocycles. The van der Waals surface area contributed by atoms with E-state index in [9.17, 15) is 0 Å². The molecule has 4 heteroatoms.